The van der Waals surface area contributed by atoms with E-state index < -0.39 is 5.60 Å². The van der Waals surface area contributed by atoms with Gasteiger partial charge in [-0.05, 0) is 60.7 Å². The van der Waals surface area contributed by atoms with Crippen LogP contribution in [0, 0.1) is 5.92 Å². The molecule has 2 aromatic rings. The van der Waals surface area contributed by atoms with Gasteiger partial charge >= 0.3 is 0 Å². The lowest BCUT2D eigenvalue weighted by atomic mass is 9.71. The largest absolute Gasteiger partial charge is 0.454 e. The molecule has 4 nitrogen and oxygen atoms in total. The molecule has 4 aliphatic rings. The Labute approximate surface area is 153 Å². The molecule has 0 saturated carbocycles. The Kier molecular flexibility index (Phi) is 3.76. The van der Waals surface area contributed by atoms with E-state index in [9.17, 15) is 5.11 Å². The average Bonchev–Trinajstić information content (AvgIpc) is 3.15. The van der Waals surface area contributed by atoms with Crippen LogP contribution < -0.4 is 9.47 Å². The van der Waals surface area contributed by atoms with Crippen LogP contribution >= 0.6 is 0 Å². The zero-order valence-corrected chi connectivity index (χ0v) is 14.7. The highest BCUT2D eigenvalue weighted by Crippen LogP contribution is 2.42. The molecule has 0 aliphatic carbocycles. The lowest BCUT2D eigenvalue weighted by molar-refractivity contribution is -0.117. The summed E-state index contributed by atoms with van der Waals surface area (Å²) in [5.41, 5.74) is 2.56. The fourth-order valence-corrected chi connectivity index (χ4v) is 4.46. The summed E-state index contributed by atoms with van der Waals surface area (Å²) in [6, 6.07) is 14.3. The van der Waals surface area contributed by atoms with Crippen molar-refractivity contribution in [3.63, 3.8) is 0 Å². The van der Waals surface area contributed by atoms with E-state index in [1.807, 2.05) is 18.2 Å². The van der Waals surface area contributed by atoms with Crippen LogP contribution in [0.15, 0.2) is 42.5 Å². The maximum absolute atomic E-state index is 11.2. The van der Waals surface area contributed by atoms with E-state index in [1.54, 1.807) is 0 Å². The quantitative estimate of drug-likeness (QED) is 0.861. The first-order valence-electron chi connectivity index (χ1n) is 9.34. The summed E-state index contributed by atoms with van der Waals surface area (Å²) in [5, 5.41) is 11.2. The van der Waals surface area contributed by atoms with Gasteiger partial charge in [0.05, 0.1) is 0 Å². The normalized spacial score (nSPS) is 29.4. The number of aliphatic hydroxyl groups is 1. The molecular formula is C22H23NO3. The van der Waals surface area contributed by atoms with Gasteiger partial charge in [0.2, 0.25) is 6.79 Å². The molecular weight excluding hydrogens is 326 g/mol. The first kappa shape index (κ1) is 15.9. The van der Waals surface area contributed by atoms with E-state index >= 15 is 0 Å². The number of benzene rings is 2. The fraction of sp³-hybridized carbons (Fsp3) is 0.364. The summed E-state index contributed by atoms with van der Waals surface area (Å²) in [7, 11) is 0. The molecule has 4 aliphatic heterocycles. The van der Waals surface area contributed by atoms with Gasteiger partial charge in [-0.15, -0.1) is 0 Å². The maximum atomic E-state index is 11.2. The first-order chi connectivity index (χ1) is 12.7. The molecule has 3 fully saturated rings. The second-order valence-electron chi connectivity index (χ2n) is 7.54. The molecule has 134 valence electrons. The monoisotopic (exact) mass is 349 g/mol. The van der Waals surface area contributed by atoms with Crippen molar-refractivity contribution in [2.75, 3.05) is 26.4 Å². The van der Waals surface area contributed by atoms with Crippen molar-refractivity contribution < 1.29 is 14.6 Å². The second-order valence-corrected chi connectivity index (χ2v) is 7.54. The Hall–Kier alpha value is -2.30. The number of fused-ring (bicyclic) bond motifs is 4. The topological polar surface area (TPSA) is 41.9 Å². The van der Waals surface area contributed by atoms with Gasteiger partial charge in [-0.25, -0.2) is 0 Å². The molecule has 26 heavy (non-hydrogen) atoms. The van der Waals surface area contributed by atoms with Gasteiger partial charge in [0.25, 0.3) is 0 Å². The Morgan fingerprint density at radius 3 is 2.35 bits per heavy atom. The third-order valence-electron chi connectivity index (χ3n) is 6.00. The van der Waals surface area contributed by atoms with E-state index in [4.69, 9.17) is 9.47 Å². The number of nitrogens with zero attached hydrogens (tertiary/aromatic N) is 1. The Morgan fingerprint density at radius 2 is 1.62 bits per heavy atom. The van der Waals surface area contributed by atoms with Crippen LogP contribution in [0.5, 0.6) is 11.5 Å². The van der Waals surface area contributed by atoms with Gasteiger partial charge in [0.15, 0.2) is 11.5 Å². The van der Waals surface area contributed by atoms with E-state index in [-0.39, 0.29) is 0 Å². The predicted molar refractivity (Wildman–Crippen MR) is 101 cm³/mol. The maximum Gasteiger partial charge on any atom is 0.231 e. The molecule has 3 saturated heterocycles. The van der Waals surface area contributed by atoms with Gasteiger partial charge in [-0.2, -0.15) is 0 Å². The molecule has 0 amide bonds. The lowest BCUT2D eigenvalue weighted by Gasteiger charge is -2.50. The summed E-state index contributed by atoms with van der Waals surface area (Å²) in [5.74, 6) is 1.99. The number of ether oxygens (including phenoxy) is 2. The van der Waals surface area contributed by atoms with Crippen molar-refractivity contribution in [2.45, 2.75) is 18.4 Å². The van der Waals surface area contributed by atoms with Crippen LogP contribution in [0.25, 0.3) is 12.2 Å². The number of rotatable bonds is 3. The molecule has 4 heteroatoms. The summed E-state index contributed by atoms with van der Waals surface area (Å²) in [4.78, 5) is 2.38. The first-order valence-corrected chi connectivity index (χ1v) is 9.34. The molecule has 2 bridgehead atoms. The fourth-order valence-electron chi connectivity index (χ4n) is 4.46. The molecule has 4 heterocycles. The molecule has 1 N–H and O–H groups in total. The van der Waals surface area contributed by atoms with Gasteiger partial charge < -0.3 is 19.5 Å². The van der Waals surface area contributed by atoms with Gasteiger partial charge in [0, 0.05) is 6.54 Å². The van der Waals surface area contributed by atoms with E-state index in [0.29, 0.717) is 12.7 Å². The SMILES string of the molecule is OC1(c2ccc(C=Cc3ccc4c(c3)OCO4)cc2)CN2CCC1CC2. The second kappa shape index (κ2) is 6.15. The van der Waals surface area contributed by atoms with Crippen molar-refractivity contribution in [2.24, 2.45) is 5.92 Å². The smallest absolute Gasteiger partial charge is 0.231 e. The standard InChI is InChI=1S/C22H23NO3/c24-22(14-23-11-9-19(22)10-12-23)18-6-3-16(4-7-18)1-2-17-5-8-20-21(13-17)26-15-25-20/h1-8,13,19,24H,9-12,14-15H2. The van der Waals surface area contributed by atoms with Crippen molar-refractivity contribution >= 4 is 12.2 Å². The number of hydrogen-bond acceptors (Lipinski definition) is 4. The zero-order valence-electron chi connectivity index (χ0n) is 14.7. The van der Waals surface area contributed by atoms with E-state index in [0.717, 1.165) is 60.7 Å². The third-order valence-corrected chi connectivity index (χ3v) is 6.00. The summed E-state index contributed by atoms with van der Waals surface area (Å²) in [6.07, 6.45) is 6.35. The summed E-state index contributed by atoms with van der Waals surface area (Å²) in [6.45, 7) is 3.32. The summed E-state index contributed by atoms with van der Waals surface area (Å²) < 4.78 is 10.8. The average molecular weight is 349 g/mol. The molecule has 1 unspecified atom stereocenters. The summed E-state index contributed by atoms with van der Waals surface area (Å²) >= 11 is 0. The van der Waals surface area contributed by atoms with Gasteiger partial charge in [0.1, 0.15) is 5.60 Å². The number of hydrogen-bond donors (Lipinski definition) is 1. The molecule has 0 radical (unpaired) electrons. The molecule has 6 rings (SSSR count). The third kappa shape index (κ3) is 2.70. The highest BCUT2D eigenvalue weighted by molar-refractivity contribution is 5.71. The Balaban J connectivity index is 1.34. The highest BCUT2D eigenvalue weighted by Gasteiger charge is 2.46. The van der Waals surface area contributed by atoms with Crippen LogP contribution in [0.4, 0.5) is 0 Å². The predicted octanol–water partition coefficient (Wildman–Crippen LogP) is 3.50. The zero-order chi connectivity index (χ0) is 17.6. The van der Waals surface area contributed by atoms with Crippen LogP contribution in [0.1, 0.15) is 29.5 Å². The van der Waals surface area contributed by atoms with Crippen molar-refractivity contribution in [3.05, 3.63) is 59.2 Å². The van der Waals surface area contributed by atoms with Crippen LogP contribution in [-0.2, 0) is 5.60 Å². The number of piperidine rings is 3. The Morgan fingerprint density at radius 1 is 0.923 bits per heavy atom. The highest BCUT2D eigenvalue weighted by atomic mass is 16.7. The Bertz CT molecular complexity index is 837. The van der Waals surface area contributed by atoms with Crippen molar-refractivity contribution in [1.29, 1.82) is 0 Å². The van der Waals surface area contributed by atoms with Crippen molar-refractivity contribution in [1.82, 2.24) is 4.90 Å². The van der Waals surface area contributed by atoms with Gasteiger partial charge in [-0.3, -0.25) is 0 Å². The molecule has 0 aromatic heterocycles. The lowest BCUT2D eigenvalue weighted by Crippen LogP contribution is -2.57. The minimum Gasteiger partial charge on any atom is -0.454 e. The van der Waals surface area contributed by atoms with E-state index in [1.165, 1.54) is 0 Å². The van der Waals surface area contributed by atoms with Crippen LogP contribution in [0.3, 0.4) is 0 Å². The van der Waals surface area contributed by atoms with Crippen LogP contribution in [0.2, 0.25) is 0 Å². The van der Waals surface area contributed by atoms with Crippen molar-refractivity contribution in [3.8, 4) is 11.5 Å². The van der Waals surface area contributed by atoms with E-state index in [2.05, 4.69) is 41.3 Å². The molecule has 2 aromatic carbocycles. The molecule has 0 spiro atoms. The van der Waals surface area contributed by atoms with Crippen LogP contribution in [-0.4, -0.2) is 36.4 Å². The minimum atomic E-state index is -0.684. The van der Waals surface area contributed by atoms with Gasteiger partial charge in [-0.1, -0.05) is 42.5 Å². The minimum absolute atomic E-state index is 0.297. The molecule has 1 atom stereocenters.